The Morgan fingerprint density at radius 3 is 2.44 bits per heavy atom. The third kappa shape index (κ3) is 5.61. The molecule has 3 aliphatic carbocycles. The molecule has 2 bridgehead atoms. The number of halogens is 2. The smallest absolute Gasteiger partial charge is 0.481 e. The third-order valence-corrected chi connectivity index (χ3v) is 10.2. The summed E-state index contributed by atoms with van der Waals surface area (Å²) in [6.45, 7) is 10.4. The Balaban J connectivity index is 1.35. The molecule has 3 saturated carbocycles. The molecule has 2 aromatic carbocycles. The summed E-state index contributed by atoms with van der Waals surface area (Å²) in [6.07, 6.45) is 2.84. The summed E-state index contributed by atoms with van der Waals surface area (Å²) < 4.78 is 24.5. The van der Waals surface area contributed by atoms with Gasteiger partial charge in [-0.15, -0.1) is 0 Å². The van der Waals surface area contributed by atoms with Crippen LogP contribution in [0, 0.1) is 17.3 Å². The van der Waals surface area contributed by atoms with Crippen LogP contribution in [0.1, 0.15) is 81.0 Å². The van der Waals surface area contributed by atoms with Crippen molar-refractivity contribution in [1.29, 1.82) is 0 Å². The number of hydrogen-bond donors (Lipinski definition) is 1. The fourth-order valence-corrected chi connectivity index (χ4v) is 7.55. The summed E-state index contributed by atoms with van der Waals surface area (Å²) >= 11 is 12.7. The highest BCUT2D eigenvalue weighted by Gasteiger charge is 2.68. The summed E-state index contributed by atoms with van der Waals surface area (Å²) in [5.74, 6) is -0.0227. The molecule has 6 rings (SSSR count). The Morgan fingerprint density at radius 1 is 1.10 bits per heavy atom. The highest BCUT2D eigenvalue weighted by Crippen LogP contribution is 2.65. The van der Waals surface area contributed by atoms with Gasteiger partial charge >= 0.3 is 13.1 Å². The maximum Gasteiger partial charge on any atom is 0.481 e. The quantitative estimate of drug-likeness (QED) is 0.252. The van der Waals surface area contributed by atoms with Gasteiger partial charge in [0, 0.05) is 0 Å². The highest BCUT2D eigenvalue weighted by atomic mass is 35.5. The van der Waals surface area contributed by atoms with Gasteiger partial charge < -0.3 is 24.1 Å². The van der Waals surface area contributed by atoms with Crippen LogP contribution in [0.3, 0.4) is 0 Å². The lowest BCUT2D eigenvalue weighted by Crippen LogP contribution is -2.65. The molecule has 5 unspecified atom stereocenters. The Morgan fingerprint density at radius 2 is 1.78 bits per heavy atom. The fraction of sp³-hybridized carbons (Fsp3) is 0.548. The normalized spacial score (nSPS) is 26.9. The van der Waals surface area contributed by atoms with E-state index in [0.717, 1.165) is 12.8 Å². The second kappa shape index (κ2) is 11.1. The number of carbonyl (C=O) groups excluding carboxylic acids is 2. The van der Waals surface area contributed by atoms with Gasteiger partial charge in [0.05, 0.1) is 40.4 Å². The maximum absolute atomic E-state index is 13.5. The van der Waals surface area contributed by atoms with E-state index in [1.54, 1.807) is 42.5 Å². The van der Waals surface area contributed by atoms with Crippen molar-refractivity contribution in [3.63, 3.8) is 0 Å². The zero-order valence-electron chi connectivity index (χ0n) is 24.5. The number of ether oxygens (including phenoxy) is 2. The molecule has 4 fully saturated rings. The monoisotopic (exact) mass is 601 g/mol. The average Bonchev–Trinajstić information content (AvgIpc) is 3.27. The van der Waals surface area contributed by atoms with Gasteiger partial charge in [-0.1, -0.05) is 55.2 Å². The van der Waals surface area contributed by atoms with E-state index >= 15 is 0 Å². The maximum atomic E-state index is 13.5. The summed E-state index contributed by atoms with van der Waals surface area (Å²) in [5, 5.41) is 3.61. The van der Waals surface area contributed by atoms with Crippen molar-refractivity contribution in [3.8, 4) is 5.75 Å². The number of rotatable bonds is 9. The van der Waals surface area contributed by atoms with Crippen LogP contribution in [0.15, 0.2) is 42.5 Å². The molecule has 0 radical (unpaired) electrons. The molecular weight excluding hydrogens is 564 g/mol. The van der Waals surface area contributed by atoms with Gasteiger partial charge in [0.15, 0.2) is 0 Å². The van der Waals surface area contributed by atoms with Crippen molar-refractivity contribution in [1.82, 2.24) is 5.32 Å². The molecule has 41 heavy (non-hydrogen) atoms. The van der Waals surface area contributed by atoms with Crippen LogP contribution >= 0.6 is 23.2 Å². The van der Waals surface area contributed by atoms with Crippen LogP contribution in [0.5, 0.6) is 5.75 Å². The van der Waals surface area contributed by atoms with Crippen LogP contribution in [0.4, 0.5) is 0 Å². The van der Waals surface area contributed by atoms with Crippen LogP contribution in [0.2, 0.25) is 10.0 Å². The SMILES string of the molecule is COc1ccccc1C(=O)OC(C)(C)CCC(NC(=O)c1c(Cl)cccc1Cl)B1OC2CC3CC(C3(C)C)C2(C)O1. The molecule has 7 nitrogen and oxygen atoms in total. The van der Waals surface area contributed by atoms with Gasteiger partial charge in [-0.2, -0.15) is 0 Å². The predicted octanol–water partition coefficient (Wildman–Crippen LogP) is 6.78. The lowest BCUT2D eigenvalue weighted by atomic mass is 9.43. The minimum absolute atomic E-state index is 0.0519. The standard InChI is InChI=1S/C31H38BCl2NO6/c1-29(2,39-28(37)19-10-7-8-13-22(19)38-6)15-14-25(35-27(36)26-20(33)11-9-12-21(26)34)32-40-24-17-18-16-23(30(18,3)4)31(24,5)41-32/h7-13,18,23-25H,14-17H2,1-6H3,(H,35,36). The van der Waals surface area contributed by atoms with Crippen LogP contribution in [-0.4, -0.2) is 49.4 Å². The molecule has 1 aliphatic heterocycles. The number of nitrogens with one attached hydrogen (secondary N) is 1. The Labute approximate surface area is 252 Å². The van der Waals surface area contributed by atoms with Gasteiger partial charge in [-0.05, 0) is 88.0 Å². The number of esters is 1. The van der Waals surface area contributed by atoms with E-state index in [2.05, 4.69) is 26.1 Å². The molecule has 0 aromatic heterocycles. The zero-order chi connectivity index (χ0) is 29.7. The van der Waals surface area contributed by atoms with Gasteiger partial charge in [0.1, 0.15) is 16.9 Å². The average molecular weight is 602 g/mol. The molecule has 5 atom stereocenters. The molecule has 1 saturated heterocycles. The lowest BCUT2D eigenvalue weighted by Gasteiger charge is -2.64. The first-order valence-corrected chi connectivity index (χ1v) is 15.0. The second-order valence-corrected chi connectivity index (χ2v) is 13.7. The molecule has 1 heterocycles. The van der Waals surface area contributed by atoms with E-state index in [-0.39, 0.29) is 27.1 Å². The van der Waals surface area contributed by atoms with E-state index in [4.69, 9.17) is 42.0 Å². The number of amides is 1. The minimum atomic E-state index is -0.859. The van der Waals surface area contributed by atoms with Gasteiger partial charge in [-0.3, -0.25) is 4.79 Å². The van der Waals surface area contributed by atoms with E-state index in [1.807, 2.05) is 13.8 Å². The number of methoxy groups -OCH3 is 1. The summed E-state index contributed by atoms with van der Waals surface area (Å²) in [7, 11) is 0.839. The predicted molar refractivity (Wildman–Crippen MR) is 160 cm³/mol. The molecule has 1 N–H and O–H groups in total. The van der Waals surface area contributed by atoms with E-state index in [0.29, 0.717) is 36.0 Å². The first-order chi connectivity index (χ1) is 19.3. The molecule has 4 aliphatic rings. The number of benzene rings is 2. The van der Waals surface area contributed by atoms with E-state index < -0.39 is 36.1 Å². The van der Waals surface area contributed by atoms with Gasteiger partial charge in [0.25, 0.3) is 5.91 Å². The van der Waals surface area contributed by atoms with E-state index in [1.165, 1.54) is 7.11 Å². The van der Waals surface area contributed by atoms with Gasteiger partial charge in [0.2, 0.25) is 0 Å². The molecule has 10 heteroatoms. The summed E-state index contributed by atoms with van der Waals surface area (Å²) in [6, 6.07) is 11.9. The molecule has 0 spiro atoms. The minimum Gasteiger partial charge on any atom is -0.496 e. The van der Waals surface area contributed by atoms with E-state index in [9.17, 15) is 9.59 Å². The zero-order valence-corrected chi connectivity index (χ0v) is 26.0. The van der Waals surface area contributed by atoms with Crippen molar-refractivity contribution in [2.75, 3.05) is 7.11 Å². The van der Waals surface area contributed by atoms with Crippen molar-refractivity contribution >= 4 is 42.2 Å². The Hall–Kier alpha value is -2.26. The molecule has 1 amide bonds. The highest BCUT2D eigenvalue weighted by molar-refractivity contribution is 6.48. The summed E-state index contributed by atoms with van der Waals surface area (Å²) in [5.41, 5.74) is -0.570. The van der Waals surface area contributed by atoms with Crippen molar-refractivity contribution in [2.24, 2.45) is 17.3 Å². The topological polar surface area (TPSA) is 83.1 Å². The van der Waals surface area contributed by atoms with Crippen molar-refractivity contribution < 1.29 is 28.4 Å². The first-order valence-electron chi connectivity index (χ1n) is 14.2. The summed E-state index contributed by atoms with van der Waals surface area (Å²) in [4.78, 5) is 26.5. The fourth-order valence-electron chi connectivity index (χ4n) is 6.98. The number of para-hydroxylation sites is 1. The van der Waals surface area contributed by atoms with Gasteiger partial charge in [-0.25, -0.2) is 4.79 Å². The Bertz CT molecular complexity index is 1320. The molecule has 2 aromatic rings. The Kier molecular flexibility index (Phi) is 8.18. The molecular formula is C31H38BCl2NO6. The second-order valence-electron chi connectivity index (χ2n) is 12.9. The largest absolute Gasteiger partial charge is 0.496 e. The number of carbonyl (C=O) groups is 2. The van der Waals surface area contributed by atoms with Crippen molar-refractivity contribution in [3.05, 3.63) is 63.6 Å². The van der Waals surface area contributed by atoms with Crippen LogP contribution in [0.25, 0.3) is 0 Å². The van der Waals surface area contributed by atoms with Crippen LogP contribution in [-0.2, 0) is 14.0 Å². The molecule has 220 valence electrons. The number of hydrogen-bond acceptors (Lipinski definition) is 6. The lowest BCUT2D eigenvalue weighted by molar-refractivity contribution is -0.199. The first kappa shape index (κ1) is 30.2. The third-order valence-electron chi connectivity index (χ3n) is 9.56. The van der Waals surface area contributed by atoms with Crippen molar-refractivity contribution in [2.45, 2.75) is 83.5 Å². The van der Waals surface area contributed by atoms with Crippen LogP contribution < -0.4 is 10.1 Å².